The zero-order valence-corrected chi connectivity index (χ0v) is 16.2. The van der Waals surface area contributed by atoms with Crippen LogP contribution in [-0.4, -0.2) is 30.8 Å². The molecule has 0 heterocycles. The highest BCUT2D eigenvalue weighted by Gasteiger charge is 2.42. The lowest BCUT2D eigenvalue weighted by atomic mass is 9.67. The summed E-state index contributed by atoms with van der Waals surface area (Å²) in [6, 6.07) is 9.47. The summed E-state index contributed by atoms with van der Waals surface area (Å²) in [5, 5.41) is 8.88. The van der Waals surface area contributed by atoms with Crippen LogP contribution in [0.1, 0.15) is 44.1 Å². The second kappa shape index (κ2) is 9.01. The molecule has 2 saturated carbocycles. The molecule has 1 aromatic rings. The molecule has 3 atom stereocenters. The number of aryl methyl sites for hydroxylation is 1. The van der Waals surface area contributed by atoms with Crippen molar-refractivity contribution in [1.82, 2.24) is 0 Å². The molecule has 1 amide bonds. The summed E-state index contributed by atoms with van der Waals surface area (Å²) in [5.41, 5.74) is 1.75. The number of carbonyl (C=O) groups excluding carboxylic acids is 3. The Morgan fingerprint density at radius 3 is 2.43 bits per heavy atom. The first-order chi connectivity index (χ1) is 13.5. The number of nitriles is 1. The van der Waals surface area contributed by atoms with Gasteiger partial charge in [0.05, 0.1) is 18.4 Å². The van der Waals surface area contributed by atoms with Gasteiger partial charge in [0.25, 0.3) is 5.91 Å². The third-order valence-corrected chi connectivity index (χ3v) is 5.81. The summed E-state index contributed by atoms with van der Waals surface area (Å²) >= 11 is 0. The molecular weight excluding hydrogens is 356 g/mol. The van der Waals surface area contributed by atoms with Crippen molar-refractivity contribution in [3.05, 3.63) is 29.8 Å². The third kappa shape index (κ3) is 4.59. The first-order valence-corrected chi connectivity index (χ1v) is 9.94. The second-order valence-corrected chi connectivity index (χ2v) is 7.79. The van der Waals surface area contributed by atoms with Crippen molar-refractivity contribution < 1.29 is 19.1 Å². The van der Waals surface area contributed by atoms with Crippen LogP contribution in [0.25, 0.3) is 0 Å². The van der Waals surface area contributed by atoms with Gasteiger partial charge in [-0.2, -0.15) is 5.26 Å². The van der Waals surface area contributed by atoms with Crippen LogP contribution in [-0.2, 0) is 19.1 Å². The third-order valence-electron chi connectivity index (χ3n) is 5.81. The standard InChI is InChI=1S/C22H26N2O4/c1-15-6-8-19(9-7-15)24(11-3-10-23)20(25)14-28-22(27)18-12-16-4-2-5-17(13-18)21(16)26/h6-9,16-18H,2-5,11-14H2,1H3/t16-,17+,18?. The summed E-state index contributed by atoms with van der Waals surface area (Å²) in [5.74, 6) is -0.788. The number of rotatable bonds is 6. The van der Waals surface area contributed by atoms with Gasteiger partial charge >= 0.3 is 5.97 Å². The van der Waals surface area contributed by atoms with Crippen LogP contribution in [0.5, 0.6) is 0 Å². The van der Waals surface area contributed by atoms with Crippen LogP contribution in [0.2, 0.25) is 0 Å². The number of benzene rings is 1. The average molecular weight is 382 g/mol. The Balaban J connectivity index is 1.59. The quantitative estimate of drug-likeness (QED) is 0.705. The van der Waals surface area contributed by atoms with Crippen LogP contribution in [0, 0.1) is 36.0 Å². The van der Waals surface area contributed by atoms with Gasteiger partial charge in [0, 0.05) is 24.1 Å². The number of nitrogens with zero attached hydrogens (tertiary/aromatic N) is 2. The number of ketones is 1. The molecule has 148 valence electrons. The monoisotopic (exact) mass is 382 g/mol. The highest BCUT2D eigenvalue weighted by Crippen LogP contribution is 2.40. The topological polar surface area (TPSA) is 87.5 Å². The van der Waals surface area contributed by atoms with Gasteiger partial charge in [0.1, 0.15) is 5.78 Å². The fraction of sp³-hybridized carbons (Fsp3) is 0.545. The minimum absolute atomic E-state index is 0.0274. The Hall–Kier alpha value is -2.68. The van der Waals surface area contributed by atoms with Crippen molar-refractivity contribution in [2.24, 2.45) is 17.8 Å². The van der Waals surface area contributed by atoms with E-state index in [1.165, 1.54) is 4.90 Å². The average Bonchev–Trinajstić information content (AvgIpc) is 2.67. The number of fused-ring (bicyclic) bond motifs is 2. The van der Waals surface area contributed by atoms with Crippen LogP contribution in [0.15, 0.2) is 24.3 Å². The molecule has 1 aromatic carbocycles. The molecule has 3 rings (SSSR count). The Bertz CT molecular complexity index is 765. The van der Waals surface area contributed by atoms with Gasteiger partial charge < -0.3 is 9.64 Å². The van der Waals surface area contributed by atoms with E-state index in [2.05, 4.69) is 0 Å². The summed E-state index contributed by atoms with van der Waals surface area (Å²) in [7, 11) is 0. The minimum Gasteiger partial charge on any atom is -0.455 e. The Morgan fingerprint density at radius 1 is 1.18 bits per heavy atom. The molecule has 0 radical (unpaired) electrons. The fourth-order valence-corrected chi connectivity index (χ4v) is 4.29. The predicted octanol–water partition coefficient (Wildman–Crippen LogP) is 3.18. The first-order valence-electron chi connectivity index (χ1n) is 9.94. The van der Waals surface area contributed by atoms with Crippen molar-refractivity contribution in [2.45, 2.75) is 45.4 Å². The van der Waals surface area contributed by atoms with E-state index < -0.39 is 0 Å². The van der Waals surface area contributed by atoms with Crippen LogP contribution < -0.4 is 4.90 Å². The van der Waals surface area contributed by atoms with E-state index in [-0.39, 0.29) is 49.2 Å². The number of hydrogen-bond donors (Lipinski definition) is 0. The van der Waals surface area contributed by atoms with Gasteiger partial charge in [-0.1, -0.05) is 24.1 Å². The molecule has 2 bridgehead atoms. The molecule has 6 heteroatoms. The Kier molecular flexibility index (Phi) is 6.45. The van der Waals surface area contributed by atoms with Crippen LogP contribution in [0.4, 0.5) is 5.69 Å². The number of hydrogen-bond acceptors (Lipinski definition) is 5. The van der Waals surface area contributed by atoms with E-state index in [4.69, 9.17) is 10.00 Å². The lowest BCUT2D eigenvalue weighted by Gasteiger charge is -2.36. The van der Waals surface area contributed by atoms with Crippen molar-refractivity contribution in [3.63, 3.8) is 0 Å². The molecule has 2 fully saturated rings. The van der Waals surface area contributed by atoms with Crippen molar-refractivity contribution in [2.75, 3.05) is 18.1 Å². The predicted molar refractivity (Wildman–Crippen MR) is 103 cm³/mol. The van der Waals surface area contributed by atoms with E-state index >= 15 is 0 Å². The normalized spacial score (nSPS) is 23.6. The molecule has 2 aliphatic rings. The zero-order chi connectivity index (χ0) is 20.1. The summed E-state index contributed by atoms with van der Waals surface area (Å²) in [6.07, 6.45) is 4.03. The molecular formula is C22H26N2O4. The first kappa shape index (κ1) is 20.1. The second-order valence-electron chi connectivity index (χ2n) is 7.79. The van der Waals surface area contributed by atoms with Crippen molar-refractivity contribution >= 4 is 23.3 Å². The van der Waals surface area contributed by atoms with Crippen LogP contribution in [0.3, 0.4) is 0 Å². The number of amides is 1. The highest BCUT2D eigenvalue weighted by molar-refractivity contribution is 5.95. The number of ether oxygens (including phenoxy) is 1. The fourth-order valence-electron chi connectivity index (χ4n) is 4.29. The van der Waals surface area contributed by atoms with Gasteiger partial charge in [0.2, 0.25) is 0 Å². The lowest BCUT2D eigenvalue weighted by molar-refractivity contribution is -0.156. The summed E-state index contributed by atoms with van der Waals surface area (Å²) in [6.45, 7) is 1.85. The number of Topliss-reactive ketones (excluding diaryl/α,β-unsaturated/α-hetero) is 1. The molecule has 1 unspecified atom stereocenters. The number of carbonyl (C=O) groups is 3. The Labute approximate surface area is 165 Å². The summed E-state index contributed by atoms with van der Waals surface area (Å²) < 4.78 is 5.33. The maximum absolute atomic E-state index is 12.7. The van der Waals surface area contributed by atoms with Gasteiger partial charge in [-0.25, -0.2) is 0 Å². The molecule has 28 heavy (non-hydrogen) atoms. The molecule has 0 saturated heterocycles. The van der Waals surface area contributed by atoms with Crippen molar-refractivity contribution in [1.29, 1.82) is 5.26 Å². The zero-order valence-electron chi connectivity index (χ0n) is 16.2. The molecule has 6 nitrogen and oxygen atoms in total. The van der Waals surface area contributed by atoms with E-state index in [9.17, 15) is 14.4 Å². The number of esters is 1. The minimum atomic E-state index is -0.387. The molecule has 2 aliphatic carbocycles. The van der Waals surface area contributed by atoms with E-state index in [1.54, 1.807) is 0 Å². The molecule has 0 N–H and O–H groups in total. The van der Waals surface area contributed by atoms with Crippen LogP contribution >= 0.6 is 0 Å². The molecule has 0 aromatic heterocycles. The SMILES string of the molecule is Cc1ccc(N(CCC#N)C(=O)COC(=O)C2C[C@H]3CCC[C@@H](C2)C3=O)cc1. The largest absolute Gasteiger partial charge is 0.455 e. The number of anilines is 1. The molecule has 0 aliphatic heterocycles. The smallest absolute Gasteiger partial charge is 0.309 e. The van der Waals surface area contributed by atoms with Crippen molar-refractivity contribution in [3.8, 4) is 6.07 Å². The van der Waals surface area contributed by atoms with Gasteiger partial charge in [-0.3, -0.25) is 14.4 Å². The molecule has 0 spiro atoms. The Morgan fingerprint density at radius 2 is 1.82 bits per heavy atom. The van der Waals surface area contributed by atoms with Gasteiger partial charge in [-0.05, 0) is 44.7 Å². The van der Waals surface area contributed by atoms with Gasteiger partial charge in [0.15, 0.2) is 6.61 Å². The van der Waals surface area contributed by atoms with E-state index in [0.29, 0.717) is 24.3 Å². The lowest BCUT2D eigenvalue weighted by Crippen LogP contribution is -2.41. The maximum atomic E-state index is 12.7. The summed E-state index contributed by atoms with van der Waals surface area (Å²) in [4.78, 5) is 38.8. The van der Waals surface area contributed by atoms with E-state index in [0.717, 1.165) is 24.8 Å². The van der Waals surface area contributed by atoms with Gasteiger partial charge in [-0.15, -0.1) is 0 Å². The highest BCUT2D eigenvalue weighted by atomic mass is 16.5. The van der Waals surface area contributed by atoms with E-state index in [1.807, 2.05) is 37.3 Å². The maximum Gasteiger partial charge on any atom is 0.309 e.